The van der Waals surface area contributed by atoms with Crippen LogP contribution in [0.15, 0.2) is 47.4 Å². The molecule has 0 spiro atoms. The normalized spacial score (nSPS) is 15.7. The molecule has 0 N–H and O–H groups in total. The van der Waals surface area contributed by atoms with Crippen molar-refractivity contribution in [1.29, 1.82) is 0 Å². The van der Waals surface area contributed by atoms with Gasteiger partial charge in [0.1, 0.15) is 11.6 Å². The van der Waals surface area contributed by atoms with Crippen molar-refractivity contribution in [1.82, 2.24) is 4.90 Å². The van der Waals surface area contributed by atoms with Crippen LogP contribution in [0.2, 0.25) is 0 Å². The number of likely N-dealkylation sites (tertiary alicyclic amines) is 1. The lowest BCUT2D eigenvalue weighted by molar-refractivity contribution is -0.274. The van der Waals surface area contributed by atoms with Crippen molar-refractivity contribution < 1.29 is 35.5 Å². The van der Waals surface area contributed by atoms with Gasteiger partial charge in [-0.25, -0.2) is 12.8 Å². The Morgan fingerprint density at radius 3 is 2.29 bits per heavy atom. The Bertz CT molecular complexity index is 1040. The van der Waals surface area contributed by atoms with Gasteiger partial charge in [0.25, 0.3) is 5.91 Å². The fourth-order valence-electron chi connectivity index (χ4n) is 3.54. The molecule has 168 valence electrons. The van der Waals surface area contributed by atoms with E-state index in [2.05, 4.69) is 4.74 Å². The predicted molar refractivity (Wildman–Crippen MR) is 105 cm³/mol. The van der Waals surface area contributed by atoms with E-state index < -0.39 is 33.7 Å². The SMILES string of the molecule is Cc1ccc(C(=O)N2CCC(CS(=O)(=O)c3ccc(F)cc3)CC2)c(OC(F)(F)F)c1. The number of benzene rings is 2. The molecule has 31 heavy (non-hydrogen) atoms. The number of hydrogen-bond donors (Lipinski definition) is 0. The Morgan fingerprint density at radius 2 is 1.71 bits per heavy atom. The van der Waals surface area contributed by atoms with E-state index >= 15 is 0 Å². The minimum absolute atomic E-state index is 0.0287. The Hall–Kier alpha value is -2.62. The number of halogens is 4. The van der Waals surface area contributed by atoms with Crippen molar-refractivity contribution >= 4 is 15.7 Å². The molecule has 2 aromatic rings. The summed E-state index contributed by atoms with van der Waals surface area (Å²) in [5, 5.41) is 0. The smallest absolute Gasteiger partial charge is 0.405 e. The third kappa shape index (κ3) is 5.96. The summed E-state index contributed by atoms with van der Waals surface area (Å²) in [6, 6.07) is 8.56. The standard InChI is InChI=1S/C21H21F4NO4S/c1-14-2-7-18(19(12-14)30-21(23,24)25)20(27)26-10-8-15(9-11-26)13-31(28,29)17-5-3-16(22)4-6-17/h2-7,12,15H,8-11,13H2,1H3. The fraction of sp³-hybridized carbons (Fsp3) is 0.381. The van der Waals surface area contributed by atoms with Crippen LogP contribution in [0.4, 0.5) is 17.6 Å². The summed E-state index contributed by atoms with van der Waals surface area (Å²) in [6.45, 7) is 2.01. The Morgan fingerprint density at radius 1 is 1.10 bits per heavy atom. The van der Waals surface area contributed by atoms with Gasteiger partial charge in [-0.15, -0.1) is 13.2 Å². The van der Waals surface area contributed by atoms with Crippen LogP contribution in [-0.4, -0.2) is 44.4 Å². The first-order chi connectivity index (χ1) is 14.4. The number of carbonyl (C=O) groups excluding carboxylic acids is 1. The van der Waals surface area contributed by atoms with Crippen LogP contribution in [-0.2, 0) is 9.84 Å². The number of rotatable bonds is 5. The molecule has 0 unspecified atom stereocenters. The number of carbonyl (C=O) groups is 1. The van der Waals surface area contributed by atoms with E-state index in [1.54, 1.807) is 6.92 Å². The molecule has 1 fully saturated rings. The zero-order valence-electron chi connectivity index (χ0n) is 16.7. The van der Waals surface area contributed by atoms with Gasteiger partial charge < -0.3 is 9.64 Å². The van der Waals surface area contributed by atoms with Gasteiger partial charge in [0.2, 0.25) is 0 Å². The second-order valence-electron chi connectivity index (χ2n) is 7.52. The maximum absolute atomic E-state index is 13.0. The average Bonchev–Trinajstić information content (AvgIpc) is 2.67. The van der Waals surface area contributed by atoms with Crippen LogP contribution in [0, 0.1) is 18.7 Å². The molecule has 0 aromatic heterocycles. The van der Waals surface area contributed by atoms with Gasteiger partial charge >= 0.3 is 6.36 Å². The van der Waals surface area contributed by atoms with E-state index in [4.69, 9.17) is 0 Å². The molecular weight excluding hydrogens is 438 g/mol. The van der Waals surface area contributed by atoms with Gasteiger partial charge in [0.05, 0.1) is 16.2 Å². The summed E-state index contributed by atoms with van der Waals surface area (Å²) in [7, 11) is -3.61. The Balaban J connectivity index is 1.66. The number of nitrogens with zero attached hydrogens (tertiary/aromatic N) is 1. The third-order valence-electron chi connectivity index (χ3n) is 5.12. The summed E-state index contributed by atoms with van der Waals surface area (Å²) in [4.78, 5) is 14.2. The van der Waals surface area contributed by atoms with E-state index in [0.29, 0.717) is 18.4 Å². The summed E-state index contributed by atoms with van der Waals surface area (Å²) in [6.07, 6.45) is -4.16. The fourth-order valence-corrected chi connectivity index (χ4v) is 5.23. The second kappa shape index (κ2) is 8.86. The molecule has 5 nitrogen and oxygen atoms in total. The number of amides is 1. The number of hydrogen-bond acceptors (Lipinski definition) is 4. The van der Waals surface area contributed by atoms with Crippen LogP contribution in [0.25, 0.3) is 0 Å². The average molecular weight is 459 g/mol. The zero-order chi connectivity index (χ0) is 22.8. The van der Waals surface area contributed by atoms with E-state index in [0.717, 1.165) is 18.2 Å². The number of piperidine rings is 1. The van der Waals surface area contributed by atoms with Crippen molar-refractivity contribution in [3.8, 4) is 5.75 Å². The summed E-state index contributed by atoms with van der Waals surface area (Å²) >= 11 is 0. The molecule has 1 aliphatic rings. The minimum atomic E-state index is -4.93. The lowest BCUT2D eigenvalue weighted by Crippen LogP contribution is -2.40. The van der Waals surface area contributed by atoms with Crippen molar-refractivity contribution in [2.45, 2.75) is 31.0 Å². The van der Waals surface area contributed by atoms with E-state index in [1.165, 1.54) is 29.2 Å². The highest BCUT2D eigenvalue weighted by atomic mass is 32.2. The van der Waals surface area contributed by atoms with Crippen molar-refractivity contribution in [2.24, 2.45) is 5.92 Å². The molecule has 10 heteroatoms. The molecule has 1 heterocycles. The van der Waals surface area contributed by atoms with Crippen LogP contribution in [0.3, 0.4) is 0 Å². The van der Waals surface area contributed by atoms with Gasteiger partial charge in [-0.1, -0.05) is 6.07 Å². The Labute approximate surface area is 177 Å². The summed E-state index contributed by atoms with van der Waals surface area (Å²) < 4.78 is 80.2. The van der Waals surface area contributed by atoms with Gasteiger partial charge in [-0.05, 0) is 67.6 Å². The second-order valence-corrected chi connectivity index (χ2v) is 9.55. The molecule has 3 rings (SSSR count). The number of ether oxygens (including phenoxy) is 1. The van der Waals surface area contributed by atoms with Crippen LogP contribution >= 0.6 is 0 Å². The highest BCUT2D eigenvalue weighted by molar-refractivity contribution is 7.91. The first-order valence-corrected chi connectivity index (χ1v) is 11.2. The van der Waals surface area contributed by atoms with Gasteiger partial charge in [0.15, 0.2) is 9.84 Å². The highest BCUT2D eigenvalue weighted by Gasteiger charge is 2.34. The monoisotopic (exact) mass is 459 g/mol. The lowest BCUT2D eigenvalue weighted by Gasteiger charge is -2.32. The summed E-state index contributed by atoms with van der Waals surface area (Å²) in [5.41, 5.74) is 0.320. The molecular formula is C21H21F4NO4S. The van der Waals surface area contributed by atoms with E-state index in [-0.39, 0.29) is 35.2 Å². The first-order valence-electron chi connectivity index (χ1n) is 9.58. The molecule has 1 aliphatic heterocycles. The van der Waals surface area contributed by atoms with Crippen molar-refractivity contribution in [2.75, 3.05) is 18.8 Å². The van der Waals surface area contributed by atoms with Crippen LogP contribution in [0.5, 0.6) is 5.75 Å². The Kier molecular flexibility index (Phi) is 6.59. The lowest BCUT2D eigenvalue weighted by atomic mass is 9.98. The first kappa shape index (κ1) is 23.1. The molecule has 0 aliphatic carbocycles. The molecule has 0 saturated carbocycles. The molecule has 1 amide bonds. The van der Waals surface area contributed by atoms with Gasteiger partial charge in [0, 0.05) is 13.1 Å². The molecule has 1 saturated heterocycles. The van der Waals surface area contributed by atoms with Gasteiger partial charge in [-0.3, -0.25) is 4.79 Å². The third-order valence-corrected chi connectivity index (χ3v) is 7.02. The van der Waals surface area contributed by atoms with Crippen molar-refractivity contribution in [3.05, 3.63) is 59.4 Å². The minimum Gasteiger partial charge on any atom is -0.405 e. The van der Waals surface area contributed by atoms with Crippen molar-refractivity contribution in [3.63, 3.8) is 0 Å². The topological polar surface area (TPSA) is 63.7 Å². The predicted octanol–water partition coefficient (Wildman–Crippen LogP) is 4.36. The molecule has 0 bridgehead atoms. The van der Waals surface area contributed by atoms with Crippen LogP contribution < -0.4 is 4.74 Å². The molecule has 0 radical (unpaired) electrons. The number of alkyl halides is 3. The maximum Gasteiger partial charge on any atom is 0.573 e. The quantitative estimate of drug-likeness (QED) is 0.493. The van der Waals surface area contributed by atoms with Gasteiger partial charge in [-0.2, -0.15) is 0 Å². The molecule has 2 aromatic carbocycles. The number of sulfone groups is 1. The molecule has 0 atom stereocenters. The highest BCUT2D eigenvalue weighted by Crippen LogP contribution is 2.30. The van der Waals surface area contributed by atoms with Crippen LogP contribution in [0.1, 0.15) is 28.8 Å². The maximum atomic E-state index is 13.0. The zero-order valence-corrected chi connectivity index (χ0v) is 17.5. The summed E-state index contributed by atoms with van der Waals surface area (Å²) in [5.74, 6) is -2.05. The number of aryl methyl sites for hydroxylation is 1. The largest absolute Gasteiger partial charge is 0.573 e. The van der Waals surface area contributed by atoms with E-state index in [1.807, 2.05) is 0 Å². The van der Waals surface area contributed by atoms with E-state index in [9.17, 15) is 30.8 Å².